The molecule has 4 nitrogen and oxygen atoms in total. The Labute approximate surface area is 109 Å². The minimum Gasteiger partial charge on any atom is -0.490 e. The third-order valence-corrected chi connectivity index (χ3v) is 3.16. The number of pyridine rings is 1. The van der Waals surface area contributed by atoms with Gasteiger partial charge in [-0.15, -0.1) is 0 Å². The molecule has 0 aliphatic heterocycles. The van der Waals surface area contributed by atoms with Crippen LogP contribution in [0.3, 0.4) is 0 Å². The molecule has 100 valence electrons. The number of hydrogen-bond acceptors (Lipinski definition) is 4. The number of hydrogen-bond donors (Lipinski definition) is 1. The smallest absolute Gasteiger partial charge is 0.168 e. The van der Waals surface area contributed by atoms with Gasteiger partial charge in [0.1, 0.15) is 0 Å². The molecule has 2 rings (SSSR count). The van der Waals surface area contributed by atoms with Gasteiger partial charge >= 0.3 is 0 Å². The number of nitrogens with one attached hydrogen (secondary N) is 1. The summed E-state index contributed by atoms with van der Waals surface area (Å²) in [6.07, 6.45) is 5.51. The van der Waals surface area contributed by atoms with Crippen LogP contribution in [0.4, 0.5) is 5.82 Å². The Morgan fingerprint density at radius 2 is 2.33 bits per heavy atom. The third-order valence-electron chi connectivity index (χ3n) is 3.16. The minimum atomic E-state index is 0.738. The number of aromatic nitrogens is 1. The Morgan fingerprint density at radius 3 is 3.06 bits per heavy atom. The summed E-state index contributed by atoms with van der Waals surface area (Å²) in [6.45, 7) is 4.80. The van der Waals surface area contributed by atoms with Crippen molar-refractivity contribution in [1.29, 1.82) is 0 Å². The van der Waals surface area contributed by atoms with E-state index in [0.717, 1.165) is 43.7 Å². The van der Waals surface area contributed by atoms with Crippen LogP contribution in [0, 0.1) is 0 Å². The van der Waals surface area contributed by atoms with Crippen molar-refractivity contribution in [3.8, 4) is 5.75 Å². The maximum Gasteiger partial charge on any atom is 0.168 e. The number of rotatable bonds is 8. The maximum absolute atomic E-state index is 5.67. The molecule has 0 bridgehead atoms. The van der Waals surface area contributed by atoms with Gasteiger partial charge in [0.15, 0.2) is 11.6 Å². The summed E-state index contributed by atoms with van der Waals surface area (Å²) in [7, 11) is 2.19. The van der Waals surface area contributed by atoms with E-state index in [-0.39, 0.29) is 0 Å². The fourth-order valence-electron chi connectivity index (χ4n) is 1.90. The molecule has 0 spiro atoms. The highest BCUT2D eigenvalue weighted by molar-refractivity contribution is 5.49. The van der Waals surface area contributed by atoms with Crippen molar-refractivity contribution in [3.05, 3.63) is 18.3 Å². The second-order valence-electron chi connectivity index (χ2n) is 4.84. The van der Waals surface area contributed by atoms with Crippen LogP contribution in [0.5, 0.6) is 5.75 Å². The molecule has 1 saturated carbocycles. The van der Waals surface area contributed by atoms with E-state index in [1.807, 2.05) is 12.1 Å². The van der Waals surface area contributed by atoms with Gasteiger partial charge in [0, 0.05) is 25.3 Å². The van der Waals surface area contributed by atoms with Gasteiger partial charge in [0.25, 0.3) is 0 Å². The van der Waals surface area contributed by atoms with E-state index in [4.69, 9.17) is 4.74 Å². The molecular weight excluding hydrogens is 226 g/mol. The largest absolute Gasteiger partial charge is 0.490 e. The van der Waals surface area contributed by atoms with Gasteiger partial charge in [-0.05, 0) is 38.4 Å². The van der Waals surface area contributed by atoms with E-state index in [0.29, 0.717) is 0 Å². The van der Waals surface area contributed by atoms with Crippen LogP contribution in [-0.2, 0) is 0 Å². The molecule has 4 heteroatoms. The predicted molar refractivity (Wildman–Crippen MR) is 74.2 cm³/mol. The summed E-state index contributed by atoms with van der Waals surface area (Å²) in [4.78, 5) is 6.74. The molecule has 1 aromatic rings. The molecule has 1 aliphatic rings. The summed E-state index contributed by atoms with van der Waals surface area (Å²) in [5, 5.41) is 3.36. The summed E-state index contributed by atoms with van der Waals surface area (Å²) in [6, 6.07) is 4.69. The van der Waals surface area contributed by atoms with Crippen LogP contribution in [0.25, 0.3) is 0 Å². The normalized spacial score (nSPS) is 14.8. The Balaban J connectivity index is 1.79. The summed E-state index contributed by atoms with van der Waals surface area (Å²) < 4.78 is 5.67. The molecule has 1 aliphatic carbocycles. The SMILES string of the molecule is CCCOc1cccnc1NCCN(C)C1CC1. The van der Waals surface area contributed by atoms with Crippen LogP contribution >= 0.6 is 0 Å². The zero-order chi connectivity index (χ0) is 12.8. The van der Waals surface area contributed by atoms with Crippen molar-refractivity contribution < 1.29 is 4.74 Å². The fourth-order valence-corrected chi connectivity index (χ4v) is 1.90. The standard InChI is InChI=1S/C14H23N3O/c1-3-11-18-13-5-4-8-15-14(13)16-9-10-17(2)12-6-7-12/h4-5,8,12H,3,6-7,9-11H2,1-2H3,(H,15,16). The first kappa shape index (κ1) is 13.1. The Morgan fingerprint density at radius 1 is 1.50 bits per heavy atom. The van der Waals surface area contributed by atoms with Crippen molar-refractivity contribution >= 4 is 5.82 Å². The number of nitrogens with zero attached hydrogens (tertiary/aromatic N) is 2. The number of likely N-dealkylation sites (N-methyl/N-ethyl adjacent to an activating group) is 1. The molecule has 0 unspecified atom stereocenters. The average molecular weight is 249 g/mol. The van der Waals surface area contributed by atoms with E-state index >= 15 is 0 Å². The fraction of sp³-hybridized carbons (Fsp3) is 0.643. The molecule has 0 atom stereocenters. The van der Waals surface area contributed by atoms with Crippen LogP contribution in [-0.4, -0.2) is 42.7 Å². The van der Waals surface area contributed by atoms with Gasteiger partial charge in [0.05, 0.1) is 6.61 Å². The lowest BCUT2D eigenvalue weighted by atomic mass is 10.4. The van der Waals surface area contributed by atoms with E-state index in [2.05, 4.69) is 29.2 Å². The average Bonchev–Trinajstić information content (AvgIpc) is 3.22. The first-order valence-electron chi connectivity index (χ1n) is 6.83. The van der Waals surface area contributed by atoms with E-state index in [1.165, 1.54) is 12.8 Å². The van der Waals surface area contributed by atoms with Gasteiger partial charge in [0.2, 0.25) is 0 Å². The molecule has 1 aromatic heterocycles. The molecule has 0 radical (unpaired) electrons. The molecule has 0 saturated heterocycles. The number of ether oxygens (including phenoxy) is 1. The van der Waals surface area contributed by atoms with Crippen LogP contribution in [0.15, 0.2) is 18.3 Å². The van der Waals surface area contributed by atoms with Crippen molar-refractivity contribution in [2.75, 3.05) is 32.1 Å². The minimum absolute atomic E-state index is 0.738. The lowest BCUT2D eigenvalue weighted by Gasteiger charge is -2.17. The van der Waals surface area contributed by atoms with Gasteiger partial charge in [-0.25, -0.2) is 4.98 Å². The van der Waals surface area contributed by atoms with Crippen LogP contribution in [0.1, 0.15) is 26.2 Å². The van der Waals surface area contributed by atoms with E-state index in [9.17, 15) is 0 Å². The summed E-state index contributed by atoms with van der Waals surface area (Å²) in [5.41, 5.74) is 0. The quantitative estimate of drug-likeness (QED) is 0.767. The van der Waals surface area contributed by atoms with Crippen molar-refractivity contribution in [3.63, 3.8) is 0 Å². The highest BCUT2D eigenvalue weighted by Gasteiger charge is 2.25. The second-order valence-corrected chi connectivity index (χ2v) is 4.84. The van der Waals surface area contributed by atoms with Crippen molar-refractivity contribution in [1.82, 2.24) is 9.88 Å². The van der Waals surface area contributed by atoms with Crippen molar-refractivity contribution in [2.45, 2.75) is 32.2 Å². The Bertz CT molecular complexity index is 366. The maximum atomic E-state index is 5.67. The van der Waals surface area contributed by atoms with E-state index < -0.39 is 0 Å². The highest BCUT2D eigenvalue weighted by Crippen LogP contribution is 2.25. The van der Waals surface area contributed by atoms with Gasteiger partial charge in [-0.1, -0.05) is 6.92 Å². The van der Waals surface area contributed by atoms with Gasteiger partial charge < -0.3 is 15.0 Å². The molecule has 1 N–H and O–H groups in total. The molecule has 0 aromatic carbocycles. The zero-order valence-corrected chi connectivity index (χ0v) is 11.4. The predicted octanol–water partition coefficient (Wildman–Crippen LogP) is 2.38. The molecule has 0 amide bonds. The Kier molecular flexibility index (Phi) is 4.81. The topological polar surface area (TPSA) is 37.4 Å². The molecule has 1 heterocycles. The molecular formula is C14H23N3O. The van der Waals surface area contributed by atoms with Crippen LogP contribution in [0.2, 0.25) is 0 Å². The number of anilines is 1. The lowest BCUT2D eigenvalue weighted by molar-refractivity contribution is 0.316. The van der Waals surface area contributed by atoms with E-state index in [1.54, 1.807) is 6.20 Å². The summed E-state index contributed by atoms with van der Waals surface area (Å²) >= 11 is 0. The van der Waals surface area contributed by atoms with Gasteiger partial charge in [-0.2, -0.15) is 0 Å². The first-order valence-corrected chi connectivity index (χ1v) is 6.83. The second kappa shape index (κ2) is 6.59. The zero-order valence-electron chi connectivity index (χ0n) is 11.4. The summed E-state index contributed by atoms with van der Waals surface area (Å²) in [5.74, 6) is 1.71. The molecule has 18 heavy (non-hydrogen) atoms. The Hall–Kier alpha value is -1.29. The molecule has 1 fully saturated rings. The monoisotopic (exact) mass is 249 g/mol. The van der Waals surface area contributed by atoms with Crippen molar-refractivity contribution in [2.24, 2.45) is 0 Å². The first-order chi connectivity index (χ1) is 8.81. The van der Waals surface area contributed by atoms with Crippen LogP contribution < -0.4 is 10.1 Å². The third kappa shape index (κ3) is 3.88. The van der Waals surface area contributed by atoms with Gasteiger partial charge in [-0.3, -0.25) is 0 Å². The highest BCUT2D eigenvalue weighted by atomic mass is 16.5. The lowest BCUT2D eigenvalue weighted by Crippen LogP contribution is -2.27.